The zero-order valence-corrected chi connectivity index (χ0v) is 22.2. The molecule has 2 aliphatic rings. The molecule has 5 atom stereocenters. The predicted molar refractivity (Wildman–Crippen MR) is 138 cm³/mol. The van der Waals surface area contributed by atoms with Gasteiger partial charge in [-0.15, -0.1) is 0 Å². The summed E-state index contributed by atoms with van der Waals surface area (Å²) >= 11 is 0. The summed E-state index contributed by atoms with van der Waals surface area (Å²) < 4.78 is 11.3. The Morgan fingerprint density at radius 1 is 1.11 bits per heavy atom. The number of nitrogens with two attached hydrogens (primary N) is 1. The molecular weight excluding hydrogens is 458 g/mol. The Labute approximate surface area is 215 Å². The third-order valence-electron chi connectivity index (χ3n) is 7.12. The number of nitrogens with one attached hydrogen (secondary N) is 2. The molecule has 8 heteroatoms. The number of amides is 3. The maximum absolute atomic E-state index is 12.8. The lowest BCUT2D eigenvalue weighted by atomic mass is 10.00. The van der Waals surface area contributed by atoms with Gasteiger partial charge in [0.15, 0.2) is 0 Å². The van der Waals surface area contributed by atoms with E-state index in [9.17, 15) is 14.4 Å². The second kappa shape index (κ2) is 12.6. The number of carbonyl (C=O) groups excluding carboxylic acids is 3. The van der Waals surface area contributed by atoms with E-state index in [1.54, 1.807) is 0 Å². The lowest BCUT2D eigenvalue weighted by Gasteiger charge is -2.27. The van der Waals surface area contributed by atoms with Crippen LogP contribution in [0.3, 0.4) is 0 Å². The fraction of sp³-hybridized carbons (Fsp3) is 0.679. The highest BCUT2D eigenvalue weighted by Crippen LogP contribution is 2.55. The van der Waals surface area contributed by atoms with Gasteiger partial charge in [0, 0.05) is 18.9 Å². The van der Waals surface area contributed by atoms with Crippen molar-refractivity contribution in [2.45, 2.75) is 97.0 Å². The van der Waals surface area contributed by atoms with Crippen molar-refractivity contribution in [2.75, 3.05) is 6.54 Å². The molecule has 0 bridgehead atoms. The van der Waals surface area contributed by atoms with Gasteiger partial charge in [0.2, 0.25) is 11.8 Å². The maximum atomic E-state index is 12.8. The van der Waals surface area contributed by atoms with E-state index < -0.39 is 11.7 Å². The van der Waals surface area contributed by atoms with Gasteiger partial charge in [-0.1, -0.05) is 24.3 Å². The molecule has 0 radical (unpaired) electrons. The molecule has 36 heavy (non-hydrogen) atoms. The molecule has 0 spiro atoms. The summed E-state index contributed by atoms with van der Waals surface area (Å²) in [5.41, 5.74) is 7.08. The fourth-order valence-corrected chi connectivity index (χ4v) is 4.98. The minimum absolute atomic E-state index is 0.0930. The van der Waals surface area contributed by atoms with Crippen molar-refractivity contribution in [3.05, 3.63) is 35.4 Å². The van der Waals surface area contributed by atoms with E-state index >= 15 is 0 Å². The van der Waals surface area contributed by atoms with Crippen LogP contribution in [0.2, 0.25) is 0 Å². The van der Waals surface area contributed by atoms with Crippen molar-refractivity contribution in [3.63, 3.8) is 0 Å². The number of alkyl carbamates (subject to hydrolysis) is 1. The number of hydrogen-bond acceptors (Lipinski definition) is 5. The summed E-state index contributed by atoms with van der Waals surface area (Å²) in [7, 11) is 0. The predicted octanol–water partition coefficient (Wildman–Crippen LogP) is 3.85. The zero-order valence-electron chi connectivity index (χ0n) is 22.2. The van der Waals surface area contributed by atoms with Crippen molar-refractivity contribution in [3.8, 4) is 0 Å². The third-order valence-corrected chi connectivity index (χ3v) is 7.12. The molecule has 0 aliphatic heterocycles. The van der Waals surface area contributed by atoms with E-state index in [-0.39, 0.29) is 36.3 Å². The second-order valence-corrected chi connectivity index (χ2v) is 11.3. The standard InChI is InChI=1S/C28H43N3O5/c1-18(24(13-14-25(29)32)31-26(33)22-12-11-21-16-23(21)22)35-17-20-9-7-19(8-10-20)6-5-15-30-27(34)36-28(2,3)4/h7-10,18,21-24H,5-6,11-17H2,1-4H3,(H2,29,32)(H,30,34)(H,31,33)/t18-,21+,22+,23-,24+/m1/s1. The molecule has 200 valence electrons. The first-order chi connectivity index (χ1) is 17.0. The Balaban J connectivity index is 1.41. The van der Waals surface area contributed by atoms with Crippen molar-refractivity contribution in [1.82, 2.24) is 10.6 Å². The SMILES string of the molecule is C[C@@H](OCc1ccc(CCCNC(=O)OC(C)(C)C)cc1)[C@H](CCC(N)=O)NC(=O)[C@H]1CC[C@H]2C[C@H]21. The molecule has 2 saturated carbocycles. The van der Waals surface area contributed by atoms with Crippen molar-refractivity contribution < 1.29 is 23.9 Å². The highest BCUT2D eigenvalue weighted by atomic mass is 16.6. The number of rotatable bonds is 13. The summed E-state index contributed by atoms with van der Waals surface area (Å²) in [4.78, 5) is 35.9. The normalized spacial score (nSPS) is 22.3. The van der Waals surface area contributed by atoms with Crippen molar-refractivity contribution in [1.29, 1.82) is 0 Å². The first-order valence-electron chi connectivity index (χ1n) is 13.3. The average Bonchev–Trinajstić information content (AvgIpc) is 3.46. The Morgan fingerprint density at radius 3 is 2.39 bits per heavy atom. The average molecular weight is 502 g/mol. The van der Waals surface area contributed by atoms with Crippen LogP contribution < -0.4 is 16.4 Å². The van der Waals surface area contributed by atoms with Crippen LogP contribution in [-0.2, 0) is 32.1 Å². The highest BCUT2D eigenvalue weighted by Gasteiger charge is 2.51. The molecule has 2 fully saturated rings. The van der Waals surface area contributed by atoms with Gasteiger partial charge in [-0.3, -0.25) is 9.59 Å². The van der Waals surface area contributed by atoms with E-state index in [2.05, 4.69) is 22.8 Å². The molecule has 8 nitrogen and oxygen atoms in total. The number of carbonyl (C=O) groups is 3. The lowest BCUT2D eigenvalue weighted by molar-refractivity contribution is -0.128. The molecule has 0 heterocycles. The summed E-state index contributed by atoms with van der Waals surface area (Å²) in [6.45, 7) is 8.43. The number of hydrogen-bond donors (Lipinski definition) is 3. The first kappa shape index (κ1) is 28.0. The zero-order chi connectivity index (χ0) is 26.3. The molecule has 1 aromatic carbocycles. The Hall–Kier alpha value is -2.61. The Bertz CT molecular complexity index is 895. The minimum atomic E-state index is -0.497. The van der Waals surface area contributed by atoms with Crippen LogP contribution in [0.1, 0.15) is 77.3 Å². The van der Waals surface area contributed by atoms with Gasteiger partial charge in [0.1, 0.15) is 5.60 Å². The molecule has 3 amide bonds. The molecule has 3 rings (SSSR count). The fourth-order valence-electron chi connectivity index (χ4n) is 4.98. The molecule has 0 saturated heterocycles. The summed E-state index contributed by atoms with van der Waals surface area (Å²) in [6.07, 6.45) is 4.99. The molecule has 4 N–H and O–H groups in total. The molecule has 0 unspecified atom stereocenters. The van der Waals surface area contributed by atoms with Crippen LogP contribution in [0.5, 0.6) is 0 Å². The monoisotopic (exact) mass is 501 g/mol. The largest absolute Gasteiger partial charge is 0.444 e. The second-order valence-electron chi connectivity index (χ2n) is 11.3. The Morgan fingerprint density at radius 2 is 1.81 bits per heavy atom. The van der Waals surface area contributed by atoms with Gasteiger partial charge in [-0.05, 0) is 89.2 Å². The van der Waals surface area contributed by atoms with Crippen LogP contribution in [0.15, 0.2) is 24.3 Å². The molecular formula is C28H43N3O5. The number of primary amides is 1. The quantitative estimate of drug-likeness (QED) is 0.355. The number of aryl methyl sites for hydroxylation is 1. The molecule has 2 aliphatic carbocycles. The van der Waals surface area contributed by atoms with Crippen LogP contribution in [-0.4, -0.2) is 42.2 Å². The lowest BCUT2D eigenvalue weighted by Crippen LogP contribution is -2.46. The van der Waals surface area contributed by atoms with Crippen molar-refractivity contribution in [2.24, 2.45) is 23.5 Å². The van der Waals surface area contributed by atoms with E-state index in [0.717, 1.165) is 37.2 Å². The van der Waals surface area contributed by atoms with Gasteiger partial charge in [-0.25, -0.2) is 4.79 Å². The van der Waals surface area contributed by atoms with E-state index in [1.165, 1.54) is 12.0 Å². The van der Waals surface area contributed by atoms with Gasteiger partial charge < -0.3 is 25.8 Å². The van der Waals surface area contributed by atoms with Gasteiger partial charge in [0.25, 0.3) is 0 Å². The molecule has 1 aromatic rings. The third kappa shape index (κ3) is 9.12. The van der Waals surface area contributed by atoms with E-state index in [4.69, 9.17) is 15.2 Å². The summed E-state index contributed by atoms with van der Waals surface area (Å²) in [6, 6.07) is 7.95. The van der Waals surface area contributed by atoms with Crippen LogP contribution >= 0.6 is 0 Å². The van der Waals surface area contributed by atoms with Crippen molar-refractivity contribution >= 4 is 17.9 Å². The van der Waals surface area contributed by atoms with Crippen LogP contribution in [0.4, 0.5) is 4.79 Å². The van der Waals surface area contributed by atoms with Gasteiger partial charge in [-0.2, -0.15) is 0 Å². The smallest absolute Gasteiger partial charge is 0.407 e. The number of benzene rings is 1. The first-order valence-corrected chi connectivity index (χ1v) is 13.3. The summed E-state index contributed by atoms with van der Waals surface area (Å²) in [5.74, 6) is 1.11. The number of ether oxygens (including phenoxy) is 2. The topological polar surface area (TPSA) is 120 Å². The van der Waals surface area contributed by atoms with E-state index in [1.807, 2.05) is 39.8 Å². The van der Waals surface area contributed by atoms with E-state index in [0.29, 0.717) is 25.5 Å². The van der Waals surface area contributed by atoms with Crippen LogP contribution in [0, 0.1) is 17.8 Å². The van der Waals surface area contributed by atoms with Gasteiger partial charge in [0.05, 0.1) is 18.8 Å². The van der Waals surface area contributed by atoms with Gasteiger partial charge >= 0.3 is 6.09 Å². The summed E-state index contributed by atoms with van der Waals surface area (Å²) in [5, 5.41) is 5.93. The molecule has 0 aromatic heterocycles. The Kier molecular flexibility index (Phi) is 9.77. The maximum Gasteiger partial charge on any atom is 0.407 e. The highest BCUT2D eigenvalue weighted by molar-refractivity contribution is 5.80. The minimum Gasteiger partial charge on any atom is -0.444 e. The van der Waals surface area contributed by atoms with Crippen LogP contribution in [0.25, 0.3) is 0 Å². The number of fused-ring (bicyclic) bond motifs is 1.